The molecule has 0 aliphatic carbocycles. The van der Waals surface area contributed by atoms with Crippen LogP contribution in [0.15, 0.2) is 42.5 Å². The summed E-state index contributed by atoms with van der Waals surface area (Å²) in [5.41, 5.74) is -2.48. The lowest BCUT2D eigenvalue weighted by Gasteiger charge is -2.25. The Morgan fingerprint density at radius 2 is 1.55 bits per heavy atom. The molecule has 0 radical (unpaired) electrons. The molecular formula is C23H22F7NO2. The van der Waals surface area contributed by atoms with Gasteiger partial charge in [-0.05, 0) is 48.4 Å². The van der Waals surface area contributed by atoms with E-state index in [0.29, 0.717) is 17.7 Å². The Morgan fingerprint density at radius 3 is 2.03 bits per heavy atom. The normalized spacial score (nSPS) is 20.2. The zero-order chi connectivity index (χ0) is 24.6. The van der Waals surface area contributed by atoms with E-state index in [1.54, 1.807) is 6.92 Å². The first-order chi connectivity index (χ1) is 15.3. The fraction of sp³-hybridized carbons (Fsp3) is 0.435. The lowest BCUT2D eigenvalue weighted by molar-refractivity contribution is -0.143. The van der Waals surface area contributed by atoms with Gasteiger partial charge in [-0.3, -0.25) is 4.79 Å². The molecule has 0 spiro atoms. The highest BCUT2D eigenvalue weighted by Crippen LogP contribution is 2.39. The Kier molecular flexibility index (Phi) is 7.07. The molecule has 1 aliphatic heterocycles. The van der Waals surface area contributed by atoms with Crippen LogP contribution >= 0.6 is 0 Å². The van der Waals surface area contributed by atoms with Gasteiger partial charge in [0.2, 0.25) is 5.91 Å². The topological polar surface area (TPSA) is 29.5 Å². The van der Waals surface area contributed by atoms with Crippen LogP contribution in [0.3, 0.4) is 0 Å². The molecule has 3 nitrogen and oxygen atoms in total. The molecule has 1 amide bonds. The number of carbonyl (C=O) groups is 1. The number of amides is 1. The first-order valence-electron chi connectivity index (χ1n) is 10.3. The highest BCUT2D eigenvalue weighted by Gasteiger charge is 2.40. The van der Waals surface area contributed by atoms with Gasteiger partial charge in [0.1, 0.15) is 5.82 Å². The van der Waals surface area contributed by atoms with Crippen molar-refractivity contribution < 1.29 is 40.3 Å². The van der Waals surface area contributed by atoms with Crippen LogP contribution in [0.4, 0.5) is 30.7 Å². The van der Waals surface area contributed by atoms with Gasteiger partial charge in [-0.25, -0.2) is 4.39 Å². The van der Waals surface area contributed by atoms with Crippen molar-refractivity contribution in [1.82, 2.24) is 4.90 Å². The molecule has 0 N–H and O–H groups in total. The summed E-state index contributed by atoms with van der Waals surface area (Å²) < 4.78 is 98.6. The Hall–Kier alpha value is -2.62. The molecule has 0 aromatic heterocycles. The van der Waals surface area contributed by atoms with Gasteiger partial charge in [-0.2, -0.15) is 26.3 Å². The molecule has 0 bridgehead atoms. The third-order valence-corrected chi connectivity index (χ3v) is 5.68. The Bertz CT molecular complexity index is 954. The van der Waals surface area contributed by atoms with Crippen LogP contribution < -0.4 is 0 Å². The number of hydrogen-bond donors (Lipinski definition) is 0. The quantitative estimate of drug-likeness (QED) is 0.470. The maximum absolute atomic E-state index is 13.4. The summed E-state index contributed by atoms with van der Waals surface area (Å²) in [4.78, 5) is 13.7. The standard InChI is InChI=1S/C23H22F7NO2/c1-3-21(32)31-11-19(14-4-6-18(24)7-5-14)20(12-31)33-13(2)15-8-16(22(25,26)27)10-17(9-15)23(28,29)30/h4-10,13,19-20H,3,11-12H2,1-2H3/t13-,19+,20-/m1/s1. The van der Waals surface area contributed by atoms with E-state index >= 15 is 0 Å². The van der Waals surface area contributed by atoms with Crippen molar-refractivity contribution >= 4 is 5.91 Å². The van der Waals surface area contributed by atoms with Crippen LogP contribution in [-0.4, -0.2) is 30.0 Å². The van der Waals surface area contributed by atoms with E-state index in [2.05, 4.69) is 0 Å². The minimum absolute atomic E-state index is 0.0642. The third kappa shape index (κ3) is 5.85. The highest BCUT2D eigenvalue weighted by molar-refractivity contribution is 5.76. The van der Waals surface area contributed by atoms with Gasteiger partial charge in [0.25, 0.3) is 0 Å². The minimum atomic E-state index is -4.97. The molecule has 1 heterocycles. The van der Waals surface area contributed by atoms with E-state index in [1.165, 1.54) is 36.1 Å². The average molecular weight is 477 g/mol. The van der Waals surface area contributed by atoms with Crippen molar-refractivity contribution in [1.29, 1.82) is 0 Å². The van der Waals surface area contributed by atoms with Crippen molar-refractivity contribution in [2.24, 2.45) is 0 Å². The van der Waals surface area contributed by atoms with E-state index in [-0.39, 0.29) is 37.0 Å². The molecule has 2 aromatic rings. The summed E-state index contributed by atoms with van der Waals surface area (Å²) in [5, 5.41) is 0. The second-order valence-corrected chi connectivity index (χ2v) is 7.97. The number of halogens is 7. The molecule has 3 rings (SSSR count). The molecule has 1 saturated heterocycles. The van der Waals surface area contributed by atoms with Crippen LogP contribution in [0.1, 0.15) is 54.5 Å². The third-order valence-electron chi connectivity index (χ3n) is 5.68. The summed E-state index contributed by atoms with van der Waals surface area (Å²) in [6.07, 6.45) is -11.5. The molecule has 2 aromatic carbocycles. The monoisotopic (exact) mass is 477 g/mol. The SMILES string of the molecule is CCC(=O)N1C[C@@H](O[C@H](C)c2cc(C(F)(F)F)cc(C(F)(F)F)c2)[C@H](c2ccc(F)cc2)C1. The highest BCUT2D eigenvalue weighted by atomic mass is 19.4. The van der Waals surface area contributed by atoms with E-state index in [1.807, 2.05) is 0 Å². The molecule has 1 aliphatic rings. The average Bonchev–Trinajstić information content (AvgIpc) is 3.15. The molecule has 0 saturated carbocycles. The van der Waals surface area contributed by atoms with Crippen molar-refractivity contribution in [2.45, 2.75) is 50.7 Å². The summed E-state index contributed by atoms with van der Waals surface area (Å²) in [5.74, 6) is -1.05. The van der Waals surface area contributed by atoms with E-state index in [4.69, 9.17) is 4.74 Å². The van der Waals surface area contributed by atoms with Crippen molar-refractivity contribution in [3.63, 3.8) is 0 Å². The van der Waals surface area contributed by atoms with E-state index < -0.39 is 47.4 Å². The lowest BCUT2D eigenvalue weighted by Crippen LogP contribution is -2.29. The molecule has 33 heavy (non-hydrogen) atoms. The maximum atomic E-state index is 13.4. The molecular weight excluding hydrogens is 455 g/mol. The number of alkyl halides is 6. The first-order valence-corrected chi connectivity index (χ1v) is 10.3. The zero-order valence-electron chi connectivity index (χ0n) is 17.8. The van der Waals surface area contributed by atoms with Crippen molar-refractivity contribution in [2.75, 3.05) is 13.1 Å². The van der Waals surface area contributed by atoms with Crippen LogP contribution in [0.2, 0.25) is 0 Å². The van der Waals surface area contributed by atoms with Gasteiger partial charge in [0.15, 0.2) is 0 Å². The Labute approximate surface area is 186 Å². The van der Waals surface area contributed by atoms with Crippen LogP contribution in [0.5, 0.6) is 0 Å². The Morgan fingerprint density at radius 1 is 1.00 bits per heavy atom. The summed E-state index contributed by atoms with van der Waals surface area (Å²) in [6.45, 7) is 3.39. The second-order valence-electron chi connectivity index (χ2n) is 7.97. The summed E-state index contributed by atoms with van der Waals surface area (Å²) in [7, 11) is 0. The first kappa shape index (κ1) is 25.0. The van der Waals surface area contributed by atoms with Gasteiger partial charge >= 0.3 is 12.4 Å². The van der Waals surface area contributed by atoms with Crippen LogP contribution in [-0.2, 0) is 21.9 Å². The fourth-order valence-electron chi connectivity index (χ4n) is 3.92. The number of hydrogen-bond acceptors (Lipinski definition) is 2. The lowest BCUT2D eigenvalue weighted by atomic mass is 9.95. The van der Waals surface area contributed by atoms with Crippen LogP contribution in [0.25, 0.3) is 0 Å². The van der Waals surface area contributed by atoms with Gasteiger partial charge in [-0.1, -0.05) is 19.1 Å². The maximum Gasteiger partial charge on any atom is 0.416 e. The van der Waals surface area contributed by atoms with Gasteiger partial charge < -0.3 is 9.64 Å². The summed E-state index contributed by atoms with van der Waals surface area (Å²) in [6, 6.07) is 6.85. The smallest absolute Gasteiger partial charge is 0.368 e. The van der Waals surface area contributed by atoms with Gasteiger partial charge in [0, 0.05) is 25.4 Å². The number of ether oxygens (including phenoxy) is 1. The Balaban J connectivity index is 1.92. The number of nitrogens with zero attached hydrogens (tertiary/aromatic N) is 1. The number of rotatable bonds is 5. The molecule has 3 atom stereocenters. The van der Waals surface area contributed by atoms with E-state index in [9.17, 15) is 35.5 Å². The van der Waals surface area contributed by atoms with Crippen molar-refractivity contribution in [3.8, 4) is 0 Å². The molecule has 0 unspecified atom stereocenters. The molecule has 1 fully saturated rings. The fourth-order valence-corrected chi connectivity index (χ4v) is 3.92. The largest absolute Gasteiger partial charge is 0.416 e. The van der Waals surface area contributed by atoms with Crippen molar-refractivity contribution in [3.05, 3.63) is 70.5 Å². The minimum Gasteiger partial charge on any atom is -0.368 e. The zero-order valence-corrected chi connectivity index (χ0v) is 17.8. The van der Waals surface area contributed by atoms with Gasteiger partial charge in [-0.15, -0.1) is 0 Å². The molecule has 10 heteroatoms. The number of likely N-dealkylation sites (tertiary alicyclic amines) is 1. The number of carbonyl (C=O) groups excluding carboxylic acids is 1. The molecule has 180 valence electrons. The number of benzene rings is 2. The second kappa shape index (κ2) is 9.32. The predicted molar refractivity (Wildman–Crippen MR) is 106 cm³/mol. The predicted octanol–water partition coefficient (Wildman–Crippen LogP) is 6.35. The van der Waals surface area contributed by atoms with Gasteiger partial charge in [0.05, 0.1) is 23.3 Å². The summed E-state index contributed by atoms with van der Waals surface area (Å²) >= 11 is 0. The van der Waals surface area contributed by atoms with E-state index in [0.717, 1.165) is 0 Å². The van der Waals surface area contributed by atoms with Crippen LogP contribution in [0, 0.1) is 5.82 Å².